The molecule has 4 rings (SSSR count). The lowest BCUT2D eigenvalue weighted by molar-refractivity contribution is -0.119. The molecule has 0 unspecified atom stereocenters. The van der Waals surface area contributed by atoms with E-state index in [0.717, 1.165) is 6.42 Å². The van der Waals surface area contributed by atoms with Crippen molar-refractivity contribution in [1.82, 2.24) is 4.98 Å². The number of thioether (sulfide) groups is 1. The summed E-state index contributed by atoms with van der Waals surface area (Å²) < 4.78 is 0. The Balaban J connectivity index is 1.63. The van der Waals surface area contributed by atoms with Crippen LogP contribution in [0, 0.1) is 11.8 Å². The van der Waals surface area contributed by atoms with Gasteiger partial charge < -0.3 is 5.32 Å². The third kappa shape index (κ3) is 2.78. The monoisotopic (exact) mass is 358 g/mol. The summed E-state index contributed by atoms with van der Waals surface area (Å²) in [5.41, 5.74) is 0.823. The van der Waals surface area contributed by atoms with E-state index in [4.69, 9.17) is 0 Å². The summed E-state index contributed by atoms with van der Waals surface area (Å²) in [6.07, 6.45) is 9.99. The van der Waals surface area contributed by atoms with Crippen LogP contribution >= 0.6 is 23.1 Å². The number of hydrogen-bond donors (Lipinski definition) is 1. The predicted octanol–water partition coefficient (Wildman–Crippen LogP) is 4.95. The molecular weight excluding hydrogens is 336 g/mol. The number of amides is 1. The molecule has 0 aliphatic heterocycles. The second kappa shape index (κ2) is 6.52. The van der Waals surface area contributed by atoms with Crippen molar-refractivity contribution in [3.8, 4) is 0 Å². The largest absolute Gasteiger partial charge is 0.301 e. The Bertz CT molecular complexity index is 707. The van der Waals surface area contributed by atoms with Gasteiger partial charge in [0.25, 0.3) is 0 Å². The molecule has 2 atom stereocenters. The van der Waals surface area contributed by atoms with Crippen molar-refractivity contribution in [2.24, 2.45) is 11.8 Å². The van der Waals surface area contributed by atoms with Crippen molar-refractivity contribution in [1.29, 1.82) is 0 Å². The van der Waals surface area contributed by atoms with Crippen LogP contribution in [-0.2, 0) is 10.2 Å². The molecule has 1 amide bonds. The molecule has 2 aliphatic carbocycles. The molecule has 5 heteroatoms. The Morgan fingerprint density at radius 1 is 1.29 bits per heavy atom. The number of anilines is 1. The minimum Gasteiger partial charge on any atom is -0.301 e. The average Bonchev–Trinajstić information content (AvgIpc) is 2.99. The summed E-state index contributed by atoms with van der Waals surface area (Å²) in [7, 11) is 0. The van der Waals surface area contributed by atoms with E-state index in [1.54, 1.807) is 18.0 Å². The highest BCUT2D eigenvalue weighted by atomic mass is 32.2. The van der Waals surface area contributed by atoms with Crippen molar-refractivity contribution in [2.45, 2.75) is 42.4 Å². The lowest BCUT2D eigenvalue weighted by Gasteiger charge is -2.20. The van der Waals surface area contributed by atoms with Crippen LogP contribution in [0.4, 0.5) is 5.13 Å². The molecule has 0 spiro atoms. The van der Waals surface area contributed by atoms with Gasteiger partial charge in [-0.25, -0.2) is 4.98 Å². The molecule has 1 aromatic carbocycles. The predicted molar refractivity (Wildman–Crippen MR) is 101 cm³/mol. The van der Waals surface area contributed by atoms with Crippen molar-refractivity contribution < 1.29 is 4.79 Å². The van der Waals surface area contributed by atoms with E-state index in [2.05, 4.69) is 40.8 Å². The number of carbonyl (C=O) groups excluding carboxylic acids is 1. The normalized spacial score (nSPS) is 26.5. The number of hydrogen-bond acceptors (Lipinski definition) is 4. The summed E-state index contributed by atoms with van der Waals surface area (Å²) in [4.78, 5) is 18.6. The molecule has 2 aromatic rings. The number of nitrogens with zero attached hydrogens (tertiary/aromatic N) is 1. The minimum atomic E-state index is -0.350. The lowest BCUT2D eigenvalue weighted by Crippen LogP contribution is -2.31. The molecule has 0 bridgehead atoms. The third-order valence-corrected chi connectivity index (χ3v) is 7.08. The molecule has 1 N–H and O–H groups in total. The first kappa shape index (κ1) is 16.2. The van der Waals surface area contributed by atoms with Gasteiger partial charge in [0, 0.05) is 16.5 Å². The van der Waals surface area contributed by atoms with Gasteiger partial charge in [0.05, 0.1) is 5.41 Å². The van der Waals surface area contributed by atoms with Gasteiger partial charge in [0.1, 0.15) is 0 Å². The van der Waals surface area contributed by atoms with Crippen LogP contribution in [0.5, 0.6) is 0 Å². The van der Waals surface area contributed by atoms with Gasteiger partial charge in [0.15, 0.2) is 5.13 Å². The molecule has 0 radical (unpaired) electrons. The molecule has 24 heavy (non-hydrogen) atoms. The van der Waals surface area contributed by atoms with Gasteiger partial charge in [-0.2, -0.15) is 0 Å². The first-order chi connectivity index (χ1) is 11.7. The number of benzene rings is 1. The van der Waals surface area contributed by atoms with Crippen LogP contribution in [0.2, 0.25) is 0 Å². The molecule has 2 saturated carbocycles. The van der Waals surface area contributed by atoms with Gasteiger partial charge in [-0.15, -0.1) is 23.1 Å². The highest BCUT2D eigenvalue weighted by Gasteiger charge is 2.63. The zero-order valence-electron chi connectivity index (χ0n) is 13.8. The first-order valence-corrected chi connectivity index (χ1v) is 10.7. The Morgan fingerprint density at radius 2 is 2.04 bits per heavy atom. The van der Waals surface area contributed by atoms with E-state index in [9.17, 15) is 4.79 Å². The van der Waals surface area contributed by atoms with Crippen molar-refractivity contribution >= 4 is 34.1 Å². The molecule has 3 nitrogen and oxygen atoms in total. The highest BCUT2D eigenvalue weighted by molar-refractivity contribution is 7.98. The first-order valence-electron chi connectivity index (χ1n) is 8.59. The van der Waals surface area contributed by atoms with E-state index >= 15 is 0 Å². The van der Waals surface area contributed by atoms with Gasteiger partial charge in [-0.1, -0.05) is 37.8 Å². The Kier molecular flexibility index (Phi) is 4.39. The zero-order chi connectivity index (χ0) is 16.6. The Morgan fingerprint density at radius 3 is 2.67 bits per heavy atom. The van der Waals surface area contributed by atoms with Crippen molar-refractivity contribution in [3.63, 3.8) is 0 Å². The molecule has 2 aliphatic rings. The van der Waals surface area contributed by atoms with Crippen LogP contribution in [0.15, 0.2) is 40.7 Å². The molecule has 126 valence electrons. The molecular formula is C19H22N2OS2. The maximum Gasteiger partial charge on any atom is 0.237 e. The highest BCUT2D eigenvalue weighted by Crippen LogP contribution is 2.61. The standard InChI is InChI=1S/C19H22N2OS2/c1-23-15-8-6-14(7-9-15)19(12-16(19)13-4-2-3-5-13)17(22)21-18-20-10-11-24-18/h6-11,13,16H,2-5,12H2,1H3,(H,20,21,22)/t16-,19-/m0/s1. The minimum absolute atomic E-state index is 0.131. The van der Waals surface area contributed by atoms with Crippen LogP contribution in [0.25, 0.3) is 0 Å². The van der Waals surface area contributed by atoms with E-state index in [0.29, 0.717) is 17.0 Å². The fraction of sp³-hybridized carbons (Fsp3) is 0.474. The summed E-state index contributed by atoms with van der Waals surface area (Å²) in [5.74, 6) is 1.32. The zero-order valence-corrected chi connectivity index (χ0v) is 15.5. The lowest BCUT2D eigenvalue weighted by atomic mass is 9.87. The van der Waals surface area contributed by atoms with Crippen LogP contribution in [0.3, 0.4) is 0 Å². The quantitative estimate of drug-likeness (QED) is 0.769. The maximum absolute atomic E-state index is 13.2. The van der Waals surface area contributed by atoms with E-state index in [-0.39, 0.29) is 11.3 Å². The number of carbonyl (C=O) groups is 1. The van der Waals surface area contributed by atoms with Gasteiger partial charge in [-0.3, -0.25) is 4.79 Å². The van der Waals surface area contributed by atoms with Crippen LogP contribution in [-0.4, -0.2) is 17.1 Å². The number of rotatable bonds is 5. The smallest absolute Gasteiger partial charge is 0.237 e. The number of thiazole rings is 1. The second-order valence-corrected chi connectivity index (χ2v) is 8.62. The van der Waals surface area contributed by atoms with E-state index < -0.39 is 0 Å². The SMILES string of the molecule is CSc1ccc([C@@]2(C(=O)Nc3nccs3)C[C@H]2C2CCCC2)cc1. The molecule has 1 heterocycles. The summed E-state index contributed by atoms with van der Waals surface area (Å²) in [5, 5.41) is 5.67. The maximum atomic E-state index is 13.2. The Hall–Kier alpha value is -1.33. The molecule has 2 fully saturated rings. The number of aromatic nitrogens is 1. The second-order valence-electron chi connectivity index (χ2n) is 6.85. The fourth-order valence-electron chi connectivity index (χ4n) is 4.32. The van der Waals surface area contributed by atoms with Crippen LogP contribution < -0.4 is 5.32 Å². The van der Waals surface area contributed by atoms with Gasteiger partial charge in [-0.05, 0) is 42.2 Å². The average molecular weight is 359 g/mol. The fourth-order valence-corrected chi connectivity index (χ4v) is 5.26. The summed E-state index contributed by atoms with van der Waals surface area (Å²) in [6.45, 7) is 0. The third-order valence-electron chi connectivity index (χ3n) is 5.65. The van der Waals surface area contributed by atoms with E-state index in [1.807, 2.05) is 5.38 Å². The molecule has 0 saturated heterocycles. The number of nitrogens with one attached hydrogen (secondary N) is 1. The summed E-state index contributed by atoms with van der Waals surface area (Å²) in [6, 6.07) is 8.59. The van der Waals surface area contributed by atoms with Crippen molar-refractivity contribution in [2.75, 3.05) is 11.6 Å². The molecule has 1 aromatic heterocycles. The Labute approximate surface area is 151 Å². The summed E-state index contributed by atoms with van der Waals surface area (Å²) >= 11 is 3.22. The van der Waals surface area contributed by atoms with Gasteiger partial charge in [0.2, 0.25) is 5.91 Å². The van der Waals surface area contributed by atoms with Crippen LogP contribution in [0.1, 0.15) is 37.7 Å². The van der Waals surface area contributed by atoms with Crippen molar-refractivity contribution in [3.05, 3.63) is 41.4 Å². The van der Waals surface area contributed by atoms with Gasteiger partial charge >= 0.3 is 0 Å². The van der Waals surface area contributed by atoms with E-state index in [1.165, 1.54) is 47.5 Å². The topological polar surface area (TPSA) is 42.0 Å².